The Morgan fingerprint density at radius 2 is 0.541 bits per heavy atom. The number of hydrogen-bond donors (Lipinski definition) is 1. The lowest BCUT2D eigenvalue weighted by atomic mass is 10.2. The summed E-state index contributed by atoms with van der Waals surface area (Å²) in [5, 5.41) is 34.4. The third kappa shape index (κ3) is 8.77. The molecule has 0 saturated heterocycles. The van der Waals surface area contributed by atoms with Gasteiger partial charge in [0, 0.05) is 0 Å². The second-order valence-electron chi connectivity index (χ2n) is 7.65. The standard InChI is InChI=1S/C24H18N6.C6H6O/c1-4-10-19(11-5-1)25-28-22-16-23(29-26-20-12-6-2-7-13-20)18-24(17-22)30-27-21-14-8-3-9-15-21;7-6-4-2-1-3-5-6/h1-18H;1-5,7H. The van der Waals surface area contributed by atoms with Crippen molar-refractivity contribution in [1.29, 1.82) is 0 Å². The molecule has 0 aliphatic carbocycles. The summed E-state index contributed by atoms with van der Waals surface area (Å²) in [6.45, 7) is 0. The zero-order valence-corrected chi connectivity index (χ0v) is 19.9. The second kappa shape index (κ2) is 13.6. The molecule has 0 amide bonds. The van der Waals surface area contributed by atoms with Crippen molar-refractivity contribution in [3.05, 3.63) is 140 Å². The minimum atomic E-state index is 0.322. The highest BCUT2D eigenvalue weighted by Crippen LogP contribution is 2.31. The summed E-state index contributed by atoms with van der Waals surface area (Å²) >= 11 is 0. The minimum absolute atomic E-state index is 0.322. The highest BCUT2D eigenvalue weighted by molar-refractivity contribution is 5.61. The smallest absolute Gasteiger partial charge is 0.115 e. The lowest BCUT2D eigenvalue weighted by molar-refractivity contribution is 0.475. The molecule has 0 heterocycles. The summed E-state index contributed by atoms with van der Waals surface area (Å²) in [7, 11) is 0. The van der Waals surface area contributed by atoms with E-state index in [-0.39, 0.29) is 0 Å². The largest absolute Gasteiger partial charge is 0.508 e. The number of aromatic hydroxyl groups is 1. The van der Waals surface area contributed by atoms with Gasteiger partial charge in [0.2, 0.25) is 0 Å². The molecule has 0 aliphatic heterocycles. The number of benzene rings is 5. The Morgan fingerprint density at radius 1 is 0.297 bits per heavy atom. The monoisotopic (exact) mass is 484 g/mol. The molecule has 0 bridgehead atoms. The fourth-order valence-electron chi connectivity index (χ4n) is 3.01. The van der Waals surface area contributed by atoms with E-state index < -0.39 is 0 Å². The van der Waals surface area contributed by atoms with Gasteiger partial charge in [-0.3, -0.25) is 0 Å². The van der Waals surface area contributed by atoms with Crippen LogP contribution in [0, 0.1) is 0 Å². The number of hydrogen-bond acceptors (Lipinski definition) is 7. The number of phenolic OH excluding ortho intramolecular Hbond substituents is 1. The Hall–Kier alpha value is -5.30. The first kappa shape index (κ1) is 24.8. The zero-order chi connectivity index (χ0) is 25.5. The van der Waals surface area contributed by atoms with Gasteiger partial charge in [-0.2, -0.15) is 30.7 Å². The average Bonchev–Trinajstić information content (AvgIpc) is 2.96. The molecule has 7 heteroatoms. The van der Waals surface area contributed by atoms with Crippen molar-refractivity contribution in [2.45, 2.75) is 0 Å². The third-order valence-corrected chi connectivity index (χ3v) is 4.75. The van der Waals surface area contributed by atoms with Gasteiger partial charge in [-0.15, -0.1) is 0 Å². The fourth-order valence-corrected chi connectivity index (χ4v) is 3.01. The van der Waals surface area contributed by atoms with Gasteiger partial charge in [-0.05, 0) is 66.7 Å². The average molecular weight is 485 g/mol. The molecule has 0 saturated carbocycles. The first-order valence-electron chi connectivity index (χ1n) is 11.5. The Balaban J connectivity index is 0.000000396. The Labute approximate surface area is 215 Å². The van der Waals surface area contributed by atoms with Gasteiger partial charge in [0.1, 0.15) is 5.75 Å². The van der Waals surface area contributed by atoms with Crippen molar-refractivity contribution in [1.82, 2.24) is 0 Å². The molecule has 0 fully saturated rings. The Bertz CT molecular complexity index is 1290. The normalized spacial score (nSPS) is 11.0. The summed E-state index contributed by atoms with van der Waals surface area (Å²) in [6.07, 6.45) is 0. The minimum Gasteiger partial charge on any atom is -0.508 e. The van der Waals surface area contributed by atoms with E-state index in [4.69, 9.17) is 5.11 Å². The van der Waals surface area contributed by atoms with Crippen molar-refractivity contribution < 1.29 is 5.11 Å². The molecule has 5 rings (SSSR count). The van der Waals surface area contributed by atoms with Crippen LogP contribution in [0.3, 0.4) is 0 Å². The van der Waals surface area contributed by atoms with Crippen LogP contribution in [-0.2, 0) is 0 Å². The van der Waals surface area contributed by atoms with Gasteiger partial charge in [-0.1, -0.05) is 72.8 Å². The Kier molecular flexibility index (Phi) is 9.09. The SMILES string of the molecule is Oc1ccccc1.c1ccc(N=Nc2cc(N=Nc3ccccc3)cc(N=Nc3ccccc3)c2)cc1. The van der Waals surface area contributed by atoms with Crippen LogP contribution in [0.25, 0.3) is 0 Å². The van der Waals surface area contributed by atoms with Crippen LogP contribution in [0.15, 0.2) is 170 Å². The molecule has 0 unspecified atom stereocenters. The zero-order valence-electron chi connectivity index (χ0n) is 19.9. The van der Waals surface area contributed by atoms with Crippen molar-refractivity contribution in [3.8, 4) is 5.75 Å². The predicted octanol–water partition coefficient (Wildman–Crippen LogP) is 10.3. The summed E-state index contributed by atoms with van der Waals surface area (Å²) in [4.78, 5) is 0. The quantitative estimate of drug-likeness (QED) is 0.238. The summed E-state index contributed by atoms with van der Waals surface area (Å²) in [5.74, 6) is 0.322. The Morgan fingerprint density at radius 3 is 0.784 bits per heavy atom. The molecule has 0 aromatic heterocycles. The van der Waals surface area contributed by atoms with Crippen LogP contribution in [-0.4, -0.2) is 5.11 Å². The van der Waals surface area contributed by atoms with E-state index in [0.717, 1.165) is 17.1 Å². The summed E-state index contributed by atoms with van der Waals surface area (Å²) in [6, 6.07) is 42.8. The van der Waals surface area contributed by atoms with Crippen molar-refractivity contribution in [3.63, 3.8) is 0 Å². The third-order valence-electron chi connectivity index (χ3n) is 4.75. The van der Waals surface area contributed by atoms with E-state index in [1.165, 1.54) is 0 Å². The van der Waals surface area contributed by atoms with Crippen LogP contribution in [0.5, 0.6) is 5.75 Å². The lowest BCUT2D eigenvalue weighted by Crippen LogP contribution is -1.70. The van der Waals surface area contributed by atoms with Crippen LogP contribution in [0.4, 0.5) is 34.1 Å². The van der Waals surface area contributed by atoms with Gasteiger partial charge in [-0.25, -0.2) is 0 Å². The van der Waals surface area contributed by atoms with Crippen molar-refractivity contribution in [2.75, 3.05) is 0 Å². The number of nitrogens with zero attached hydrogens (tertiary/aromatic N) is 6. The maximum atomic E-state index is 8.63. The second-order valence-corrected chi connectivity index (χ2v) is 7.65. The van der Waals surface area contributed by atoms with E-state index in [1.54, 1.807) is 42.5 Å². The van der Waals surface area contributed by atoms with Crippen LogP contribution in [0.1, 0.15) is 0 Å². The number of rotatable bonds is 6. The highest BCUT2D eigenvalue weighted by atomic mass is 16.3. The molecule has 7 nitrogen and oxygen atoms in total. The first-order chi connectivity index (χ1) is 18.2. The molecule has 0 spiro atoms. The molecule has 5 aromatic carbocycles. The van der Waals surface area contributed by atoms with E-state index in [0.29, 0.717) is 22.8 Å². The lowest BCUT2D eigenvalue weighted by Gasteiger charge is -2.00. The van der Waals surface area contributed by atoms with E-state index in [9.17, 15) is 0 Å². The van der Waals surface area contributed by atoms with Crippen LogP contribution in [0.2, 0.25) is 0 Å². The topological polar surface area (TPSA) is 94.4 Å². The van der Waals surface area contributed by atoms with Gasteiger partial charge in [0.05, 0.1) is 34.1 Å². The maximum absolute atomic E-state index is 8.63. The number of phenols is 1. The molecule has 0 aliphatic rings. The van der Waals surface area contributed by atoms with Gasteiger partial charge < -0.3 is 5.11 Å². The molecule has 0 atom stereocenters. The van der Waals surface area contributed by atoms with Crippen LogP contribution >= 0.6 is 0 Å². The highest BCUT2D eigenvalue weighted by Gasteiger charge is 2.01. The molecule has 5 aromatic rings. The molecular weight excluding hydrogens is 460 g/mol. The predicted molar refractivity (Wildman–Crippen MR) is 146 cm³/mol. The first-order valence-corrected chi connectivity index (χ1v) is 11.5. The summed E-state index contributed by atoms with van der Waals surface area (Å²) < 4.78 is 0. The molecule has 180 valence electrons. The molecule has 0 radical (unpaired) electrons. The maximum Gasteiger partial charge on any atom is 0.115 e. The van der Waals surface area contributed by atoms with Gasteiger partial charge in [0.25, 0.3) is 0 Å². The molecule has 37 heavy (non-hydrogen) atoms. The number of azo groups is 3. The molecular formula is C30H24N6O. The van der Waals surface area contributed by atoms with Crippen molar-refractivity contribution >= 4 is 34.1 Å². The van der Waals surface area contributed by atoms with E-state index in [2.05, 4.69) is 30.7 Å². The van der Waals surface area contributed by atoms with E-state index in [1.807, 2.05) is 97.1 Å². The van der Waals surface area contributed by atoms with Crippen LogP contribution < -0.4 is 0 Å². The summed E-state index contributed by atoms with van der Waals surface area (Å²) in [5.41, 5.74) is 4.14. The van der Waals surface area contributed by atoms with Gasteiger partial charge in [0.15, 0.2) is 0 Å². The van der Waals surface area contributed by atoms with E-state index >= 15 is 0 Å². The fraction of sp³-hybridized carbons (Fsp3) is 0. The number of para-hydroxylation sites is 1. The van der Waals surface area contributed by atoms with Gasteiger partial charge >= 0.3 is 0 Å². The molecule has 1 N–H and O–H groups in total. The van der Waals surface area contributed by atoms with Crippen molar-refractivity contribution in [2.24, 2.45) is 30.7 Å².